The second-order valence-corrected chi connectivity index (χ2v) is 5.76. The van der Waals surface area contributed by atoms with Crippen LogP contribution in [0.25, 0.3) is 22.2 Å². The molecule has 1 amide bonds. The van der Waals surface area contributed by atoms with E-state index in [-0.39, 0.29) is 12.5 Å². The summed E-state index contributed by atoms with van der Waals surface area (Å²) in [5.74, 6) is 0.00350. The van der Waals surface area contributed by atoms with Crippen molar-refractivity contribution >= 4 is 16.8 Å². The molecule has 0 radical (unpaired) electrons. The van der Waals surface area contributed by atoms with Crippen molar-refractivity contribution in [1.29, 1.82) is 5.26 Å². The van der Waals surface area contributed by atoms with E-state index < -0.39 is 0 Å². The van der Waals surface area contributed by atoms with E-state index in [0.717, 1.165) is 22.2 Å². The molecule has 0 N–H and O–H groups in total. The minimum absolute atomic E-state index is 0.00350. The number of hydrogen-bond acceptors (Lipinski definition) is 2. The molecule has 1 aromatic heterocycles. The van der Waals surface area contributed by atoms with Crippen LogP contribution in [0.4, 0.5) is 0 Å². The van der Waals surface area contributed by atoms with Crippen molar-refractivity contribution in [3.8, 4) is 17.3 Å². The monoisotopic (exact) mass is 317 g/mol. The average molecular weight is 317 g/mol. The molecule has 3 aromatic rings. The Balaban J connectivity index is 2.00. The number of nitriles is 1. The average Bonchev–Trinajstić information content (AvgIpc) is 2.99. The van der Waals surface area contributed by atoms with Gasteiger partial charge in [0.2, 0.25) is 5.91 Å². The van der Waals surface area contributed by atoms with Crippen LogP contribution in [0.2, 0.25) is 0 Å². The normalized spacial score (nSPS) is 10.5. The van der Waals surface area contributed by atoms with E-state index in [4.69, 9.17) is 5.26 Å². The summed E-state index contributed by atoms with van der Waals surface area (Å²) in [6.07, 6.45) is 0.347. The van der Waals surface area contributed by atoms with Gasteiger partial charge in [0.25, 0.3) is 0 Å². The Morgan fingerprint density at radius 2 is 1.83 bits per heavy atom. The van der Waals surface area contributed by atoms with Crippen LogP contribution in [0.5, 0.6) is 0 Å². The summed E-state index contributed by atoms with van der Waals surface area (Å²) >= 11 is 0. The SMILES string of the molecule is CN(CCC#N)C(=O)Cn1c(-c2ccccc2)cc2ccccc21. The number of aromatic nitrogens is 1. The molecule has 0 bridgehead atoms. The van der Waals surface area contributed by atoms with Crippen LogP contribution in [-0.4, -0.2) is 29.0 Å². The third-order valence-corrected chi connectivity index (χ3v) is 4.16. The van der Waals surface area contributed by atoms with Crippen molar-refractivity contribution in [2.75, 3.05) is 13.6 Å². The molecule has 24 heavy (non-hydrogen) atoms. The number of para-hydroxylation sites is 1. The molecule has 0 aliphatic heterocycles. The Morgan fingerprint density at radius 1 is 1.12 bits per heavy atom. The molecule has 0 unspecified atom stereocenters. The van der Waals surface area contributed by atoms with Crippen molar-refractivity contribution in [2.24, 2.45) is 0 Å². The third-order valence-electron chi connectivity index (χ3n) is 4.16. The van der Waals surface area contributed by atoms with Crippen LogP contribution in [-0.2, 0) is 11.3 Å². The van der Waals surface area contributed by atoms with E-state index >= 15 is 0 Å². The van der Waals surface area contributed by atoms with E-state index in [1.54, 1.807) is 11.9 Å². The van der Waals surface area contributed by atoms with E-state index in [2.05, 4.69) is 34.9 Å². The lowest BCUT2D eigenvalue weighted by molar-refractivity contribution is -0.130. The first-order valence-corrected chi connectivity index (χ1v) is 7.95. The van der Waals surface area contributed by atoms with Gasteiger partial charge in [-0.2, -0.15) is 5.26 Å². The summed E-state index contributed by atoms with van der Waals surface area (Å²) in [6, 6.07) is 22.4. The molecule has 0 spiro atoms. The van der Waals surface area contributed by atoms with Crippen molar-refractivity contribution in [3.05, 3.63) is 60.7 Å². The largest absolute Gasteiger partial charge is 0.343 e. The molecule has 0 saturated heterocycles. The predicted octanol–water partition coefficient (Wildman–Crippen LogP) is 3.68. The van der Waals surface area contributed by atoms with Crippen molar-refractivity contribution < 1.29 is 4.79 Å². The Morgan fingerprint density at radius 3 is 2.58 bits per heavy atom. The lowest BCUT2D eigenvalue weighted by Gasteiger charge is -2.18. The molecule has 0 fully saturated rings. The first kappa shape index (κ1) is 15.8. The molecule has 0 saturated carbocycles. The first-order chi connectivity index (χ1) is 11.7. The maximum atomic E-state index is 12.5. The maximum absolute atomic E-state index is 12.5. The lowest BCUT2D eigenvalue weighted by Crippen LogP contribution is -2.31. The summed E-state index contributed by atoms with van der Waals surface area (Å²) in [5, 5.41) is 9.81. The van der Waals surface area contributed by atoms with Crippen LogP contribution < -0.4 is 0 Å². The molecule has 0 atom stereocenters. The van der Waals surface area contributed by atoms with Crippen LogP contribution >= 0.6 is 0 Å². The highest BCUT2D eigenvalue weighted by atomic mass is 16.2. The number of amides is 1. The first-order valence-electron chi connectivity index (χ1n) is 7.95. The molecular formula is C20H19N3O. The molecule has 2 aromatic carbocycles. The fraction of sp³-hybridized carbons (Fsp3) is 0.200. The number of likely N-dealkylation sites (N-methyl/N-ethyl adjacent to an activating group) is 1. The number of rotatable bonds is 5. The van der Waals surface area contributed by atoms with Gasteiger partial charge < -0.3 is 9.47 Å². The maximum Gasteiger partial charge on any atom is 0.242 e. The highest BCUT2D eigenvalue weighted by Crippen LogP contribution is 2.28. The minimum Gasteiger partial charge on any atom is -0.343 e. The molecule has 4 heteroatoms. The summed E-state index contributed by atoms with van der Waals surface area (Å²) in [4.78, 5) is 14.2. The smallest absolute Gasteiger partial charge is 0.242 e. The van der Waals surface area contributed by atoms with E-state index in [1.165, 1.54) is 0 Å². The summed E-state index contributed by atoms with van der Waals surface area (Å²) in [7, 11) is 1.74. The van der Waals surface area contributed by atoms with E-state index in [1.807, 2.05) is 36.4 Å². The van der Waals surface area contributed by atoms with Crippen molar-refractivity contribution in [1.82, 2.24) is 9.47 Å². The van der Waals surface area contributed by atoms with Gasteiger partial charge in [-0.15, -0.1) is 0 Å². The second kappa shape index (κ2) is 7.01. The quantitative estimate of drug-likeness (QED) is 0.721. The number of carbonyl (C=O) groups is 1. The number of carbonyl (C=O) groups excluding carboxylic acids is 1. The molecule has 3 rings (SSSR count). The van der Waals surface area contributed by atoms with Crippen molar-refractivity contribution in [2.45, 2.75) is 13.0 Å². The summed E-state index contributed by atoms with van der Waals surface area (Å²) in [5.41, 5.74) is 3.15. The molecule has 1 heterocycles. The van der Waals surface area contributed by atoms with Gasteiger partial charge in [-0.3, -0.25) is 4.79 Å². The summed E-state index contributed by atoms with van der Waals surface area (Å²) in [6.45, 7) is 0.717. The Kier molecular flexibility index (Phi) is 4.62. The number of hydrogen-bond donors (Lipinski definition) is 0. The van der Waals surface area contributed by atoms with Crippen LogP contribution in [0.1, 0.15) is 6.42 Å². The standard InChI is InChI=1S/C20H19N3O/c1-22(13-7-12-21)20(24)15-23-18-11-6-5-10-17(18)14-19(23)16-8-3-2-4-9-16/h2-6,8-11,14H,7,13,15H2,1H3. The number of fused-ring (bicyclic) bond motifs is 1. The van der Waals surface area contributed by atoms with Gasteiger partial charge in [-0.25, -0.2) is 0 Å². The zero-order chi connectivity index (χ0) is 16.9. The van der Waals surface area contributed by atoms with Gasteiger partial charge in [0.05, 0.1) is 12.5 Å². The van der Waals surface area contributed by atoms with Crippen LogP contribution in [0.3, 0.4) is 0 Å². The van der Waals surface area contributed by atoms with Gasteiger partial charge in [0.1, 0.15) is 6.54 Å². The molecule has 120 valence electrons. The minimum atomic E-state index is 0.00350. The zero-order valence-corrected chi connectivity index (χ0v) is 13.6. The Labute approximate surface area is 141 Å². The molecule has 0 aliphatic rings. The van der Waals surface area contributed by atoms with Gasteiger partial charge >= 0.3 is 0 Å². The highest BCUT2D eigenvalue weighted by molar-refractivity contribution is 5.89. The van der Waals surface area contributed by atoms with Gasteiger partial charge in [-0.1, -0.05) is 48.5 Å². The lowest BCUT2D eigenvalue weighted by atomic mass is 10.1. The summed E-state index contributed by atoms with van der Waals surface area (Å²) < 4.78 is 2.05. The molecular weight excluding hydrogens is 298 g/mol. The molecule has 0 aliphatic carbocycles. The predicted molar refractivity (Wildman–Crippen MR) is 95.2 cm³/mol. The van der Waals surface area contributed by atoms with E-state index in [9.17, 15) is 4.79 Å². The van der Waals surface area contributed by atoms with E-state index in [0.29, 0.717) is 13.0 Å². The van der Waals surface area contributed by atoms with Gasteiger partial charge in [-0.05, 0) is 17.7 Å². The zero-order valence-electron chi connectivity index (χ0n) is 13.6. The van der Waals surface area contributed by atoms with Gasteiger partial charge in [0.15, 0.2) is 0 Å². The third kappa shape index (κ3) is 3.16. The fourth-order valence-electron chi connectivity index (χ4n) is 2.83. The van der Waals surface area contributed by atoms with Crippen molar-refractivity contribution in [3.63, 3.8) is 0 Å². The van der Waals surface area contributed by atoms with Crippen LogP contribution in [0.15, 0.2) is 60.7 Å². The highest BCUT2D eigenvalue weighted by Gasteiger charge is 2.15. The fourth-order valence-corrected chi connectivity index (χ4v) is 2.83. The number of nitrogens with zero attached hydrogens (tertiary/aromatic N) is 3. The second-order valence-electron chi connectivity index (χ2n) is 5.76. The number of benzene rings is 2. The Hall–Kier alpha value is -3.06. The topological polar surface area (TPSA) is 49.0 Å². The molecule has 4 nitrogen and oxygen atoms in total. The van der Waals surface area contributed by atoms with Gasteiger partial charge in [0, 0.05) is 30.2 Å². The Bertz CT molecular complexity index is 890. The van der Waals surface area contributed by atoms with Crippen LogP contribution in [0, 0.1) is 11.3 Å².